The maximum absolute atomic E-state index is 11.8. The monoisotopic (exact) mass is 277 g/mol. The van der Waals surface area contributed by atoms with Crippen molar-refractivity contribution in [3.63, 3.8) is 0 Å². The van der Waals surface area contributed by atoms with Gasteiger partial charge in [0.25, 0.3) is 0 Å². The third-order valence-electron chi connectivity index (χ3n) is 2.36. The van der Waals surface area contributed by atoms with Crippen molar-refractivity contribution in [1.82, 2.24) is 9.97 Å². The molecule has 0 fully saturated rings. The second-order valence-corrected chi connectivity index (χ2v) is 4.03. The standard InChI is InChI=1S/C12H12ClN5O/c13-9-3-1-4-10(8(9)7-14)17-12(19)18-11-15-5-2-6-16-11/h1-6H,7,14H2,(H2,15,16,17,18,19). The number of rotatable bonds is 3. The van der Waals surface area contributed by atoms with Crippen molar-refractivity contribution in [3.05, 3.63) is 47.2 Å². The quantitative estimate of drug-likeness (QED) is 0.802. The highest BCUT2D eigenvalue weighted by atomic mass is 35.5. The van der Waals surface area contributed by atoms with Crippen LogP contribution in [0.3, 0.4) is 0 Å². The van der Waals surface area contributed by atoms with Crippen molar-refractivity contribution in [2.45, 2.75) is 6.54 Å². The van der Waals surface area contributed by atoms with Crippen LogP contribution in [0, 0.1) is 0 Å². The third kappa shape index (κ3) is 3.40. The molecule has 0 aliphatic heterocycles. The zero-order valence-corrected chi connectivity index (χ0v) is 10.7. The lowest BCUT2D eigenvalue weighted by atomic mass is 10.2. The van der Waals surface area contributed by atoms with Crippen LogP contribution in [0.4, 0.5) is 16.4 Å². The van der Waals surface area contributed by atoms with E-state index in [0.717, 1.165) is 0 Å². The number of amides is 2. The Labute approximate surface area is 115 Å². The minimum absolute atomic E-state index is 0.219. The first-order valence-corrected chi connectivity index (χ1v) is 5.91. The highest BCUT2D eigenvalue weighted by molar-refractivity contribution is 6.31. The van der Waals surface area contributed by atoms with Gasteiger partial charge in [-0.1, -0.05) is 17.7 Å². The summed E-state index contributed by atoms with van der Waals surface area (Å²) in [6.45, 7) is 0.233. The van der Waals surface area contributed by atoms with Gasteiger partial charge in [-0.15, -0.1) is 0 Å². The van der Waals surface area contributed by atoms with Gasteiger partial charge in [0.2, 0.25) is 5.95 Å². The van der Waals surface area contributed by atoms with Crippen molar-refractivity contribution < 1.29 is 4.79 Å². The Bertz CT molecular complexity index is 576. The Balaban J connectivity index is 2.09. The maximum Gasteiger partial charge on any atom is 0.326 e. The number of hydrogen-bond donors (Lipinski definition) is 3. The van der Waals surface area contributed by atoms with E-state index in [0.29, 0.717) is 16.3 Å². The van der Waals surface area contributed by atoms with Crippen molar-refractivity contribution in [2.75, 3.05) is 10.6 Å². The number of nitrogens with zero attached hydrogens (tertiary/aromatic N) is 2. The number of halogens is 1. The maximum atomic E-state index is 11.8. The topological polar surface area (TPSA) is 92.9 Å². The molecule has 2 rings (SSSR count). The molecule has 7 heteroatoms. The normalized spacial score (nSPS) is 10.0. The van der Waals surface area contributed by atoms with Crippen LogP contribution in [0.15, 0.2) is 36.7 Å². The Hall–Kier alpha value is -2.18. The van der Waals surface area contributed by atoms with Gasteiger partial charge in [0, 0.05) is 35.2 Å². The molecule has 0 saturated carbocycles. The van der Waals surface area contributed by atoms with E-state index in [1.165, 1.54) is 12.4 Å². The number of carbonyl (C=O) groups excluding carboxylic acids is 1. The van der Waals surface area contributed by atoms with Crippen LogP contribution in [0.2, 0.25) is 5.02 Å². The molecule has 0 unspecified atom stereocenters. The van der Waals surface area contributed by atoms with E-state index in [1.807, 2.05) is 0 Å². The number of anilines is 2. The second-order valence-electron chi connectivity index (χ2n) is 3.62. The minimum Gasteiger partial charge on any atom is -0.326 e. The zero-order chi connectivity index (χ0) is 13.7. The summed E-state index contributed by atoms with van der Waals surface area (Å²) in [5.41, 5.74) is 6.83. The molecule has 0 bridgehead atoms. The van der Waals surface area contributed by atoms with E-state index in [9.17, 15) is 4.79 Å². The summed E-state index contributed by atoms with van der Waals surface area (Å²) in [4.78, 5) is 19.5. The molecule has 2 amide bonds. The smallest absolute Gasteiger partial charge is 0.326 e. The van der Waals surface area contributed by atoms with Crippen molar-refractivity contribution in [3.8, 4) is 0 Å². The second kappa shape index (κ2) is 6.12. The number of benzene rings is 1. The lowest BCUT2D eigenvalue weighted by Gasteiger charge is -2.11. The van der Waals surface area contributed by atoms with Gasteiger partial charge in [0.05, 0.1) is 0 Å². The van der Waals surface area contributed by atoms with Gasteiger partial charge in [-0.2, -0.15) is 0 Å². The summed E-state index contributed by atoms with van der Waals surface area (Å²) in [5, 5.41) is 5.67. The molecule has 0 aliphatic rings. The van der Waals surface area contributed by atoms with E-state index in [4.69, 9.17) is 17.3 Å². The molecule has 0 atom stereocenters. The van der Waals surface area contributed by atoms with Crippen LogP contribution < -0.4 is 16.4 Å². The molecule has 0 saturated heterocycles. The van der Waals surface area contributed by atoms with Crippen molar-refractivity contribution in [2.24, 2.45) is 5.73 Å². The van der Waals surface area contributed by atoms with Gasteiger partial charge >= 0.3 is 6.03 Å². The van der Waals surface area contributed by atoms with E-state index in [-0.39, 0.29) is 12.5 Å². The zero-order valence-electron chi connectivity index (χ0n) is 9.93. The van der Waals surface area contributed by atoms with Crippen LogP contribution >= 0.6 is 11.6 Å². The first-order valence-electron chi connectivity index (χ1n) is 5.53. The third-order valence-corrected chi connectivity index (χ3v) is 2.72. The Kier molecular flexibility index (Phi) is 4.27. The van der Waals surface area contributed by atoms with Crippen molar-refractivity contribution >= 4 is 29.3 Å². The molecule has 6 nitrogen and oxygen atoms in total. The Morgan fingerprint density at radius 2 is 1.95 bits per heavy atom. The van der Waals surface area contributed by atoms with Crippen molar-refractivity contribution in [1.29, 1.82) is 0 Å². The molecule has 2 aromatic rings. The highest BCUT2D eigenvalue weighted by Gasteiger charge is 2.09. The number of nitrogens with two attached hydrogens (primary N) is 1. The fourth-order valence-electron chi connectivity index (χ4n) is 1.50. The average molecular weight is 278 g/mol. The lowest BCUT2D eigenvalue weighted by Crippen LogP contribution is -2.22. The van der Waals surface area contributed by atoms with E-state index >= 15 is 0 Å². The lowest BCUT2D eigenvalue weighted by molar-refractivity contribution is 0.262. The van der Waals surface area contributed by atoms with Crippen LogP contribution in [-0.4, -0.2) is 16.0 Å². The number of aromatic nitrogens is 2. The predicted molar refractivity (Wildman–Crippen MR) is 74.0 cm³/mol. The molecular weight excluding hydrogens is 266 g/mol. The van der Waals surface area contributed by atoms with Gasteiger partial charge < -0.3 is 11.1 Å². The van der Waals surface area contributed by atoms with E-state index in [2.05, 4.69) is 20.6 Å². The van der Waals surface area contributed by atoms with Crippen LogP contribution in [0.5, 0.6) is 0 Å². The SMILES string of the molecule is NCc1c(Cl)cccc1NC(=O)Nc1ncccn1. The Morgan fingerprint density at radius 1 is 1.21 bits per heavy atom. The first kappa shape index (κ1) is 13.3. The number of urea groups is 1. The predicted octanol–water partition coefficient (Wildman–Crippen LogP) is 2.23. The minimum atomic E-state index is -0.455. The molecule has 1 aromatic heterocycles. The summed E-state index contributed by atoms with van der Waals surface area (Å²) in [5.74, 6) is 0.219. The summed E-state index contributed by atoms with van der Waals surface area (Å²) in [6.07, 6.45) is 3.07. The molecule has 0 radical (unpaired) electrons. The molecule has 1 heterocycles. The first-order chi connectivity index (χ1) is 9.20. The van der Waals surface area contributed by atoms with Crippen LogP contribution in [-0.2, 0) is 6.54 Å². The summed E-state index contributed by atoms with van der Waals surface area (Å²) in [6, 6.07) is 6.37. The fourth-order valence-corrected chi connectivity index (χ4v) is 1.75. The molecule has 0 spiro atoms. The number of hydrogen-bond acceptors (Lipinski definition) is 4. The van der Waals surface area contributed by atoms with Gasteiger partial charge in [-0.25, -0.2) is 14.8 Å². The van der Waals surface area contributed by atoms with Gasteiger partial charge in [0.15, 0.2) is 0 Å². The van der Waals surface area contributed by atoms with E-state index in [1.54, 1.807) is 24.3 Å². The summed E-state index contributed by atoms with van der Waals surface area (Å²) >= 11 is 6.00. The summed E-state index contributed by atoms with van der Waals surface area (Å²) < 4.78 is 0. The van der Waals surface area contributed by atoms with Gasteiger partial charge in [-0.3, -0.25) is 5.32 Å². The molecule has 1 aromatic carbocycles. The number of carbonyl (C=O) groups is 1. The Morgan fingerprint density at radius 3 is 2.63 bits per heavy atom. The van der Waals surface area contributed by atoms with E-state index < -0.39 is 6.03 Å². The van der Waals surface area contributed by atoms with Gasteiger partial charge in [0.1, 0.15) is 0 Å². The average Bonchev–Trinajstić information content (AvgIpc) is 2.40. The van der Waals surface area contributed by atoms with Crippen LogP contribution in [0.1, 0.15) is 5.56 Å². The number of nitrogens with one attached hydrogen (secondary N) is 2. The summed E-state index contributed by atoms with van der Waals surface area (Å²) in [7, 11) is 0. The highest BCUT2D eigenvalue weighted by Crippen LogP contribution is 2.23. The molecule has 19 heavy (non-hydrogen) atoms. The molecule has 0 aliphatic carbocycles. The largest absolute Gasteiger partial charge is 0.326 e. The molecular formula is C12H12ClN5O. The molecule has 4 N–H and O–H groups in total. The van der Waals surface area contributed by atoms with Gasteiger partial charge in [-0.05, 0) is 18.2 Å². The van der Waals surface area contributed by atoms with Crippen LogP contribution in [0.25, 0.3) is 0 Å². The molecule has 98 valence electrons. The fraction of sp³-hybridized carbons (Fsp3) is 0.0833.